The Kier molecular flexibility index (Phi) is 5.08. The fourth-order valence-corrected chi connectivity index (χ4v) is 3.96. The van der Waals surface area contributed by atoms with Gasteiger partial charge in [-0.2, -0.15) is 8.42 Å². The molecule has 6 nitrogen and oxygen atoms in total. The first-order chi connectivity index (χ1) is 13.8. The summed E-state index contributed by atoms with van der Waals surface area (Å²) < 4.78 is 33.6. The van der Waals surface area contributed by atoms with Crippen molar-refractivity contribution in [1.82, 2.24) is 5.32 Å². The highest BCUT2D eigenvalue weighted by Gasteiger charge is 2.26. The molecule has 0 spiro atoms. The molecule has 0 radical (unpaired) electrons. The van der Waals surface area contributed by atoms with Gasteiger partial charge in [-0.15, -0.1) is 0 Å². The average Bonchev–Trinajstić information content (AvgIpc) is 3.15. The zero-order valence-electron chi connectivity index (χ0n) is 16.3. The number of aliphatic hydroxyl groups excluding tert-OH is 1. The molecular formula is C22H23NO5S. The molecule has 2 N–H and O–H groups in total. The third kappa shape index (κ3) is 4.00. The van der Waals surface area contributed by atoms with E-state index in [4.69, 9.17) is 8.60 Å². The van der Waals surface area contributed by atoms with E-state index in [0.29, 0.717) is 12.3 Å². The number of rotatable bonds is 7. The lowest BCUT2D eigenvalue weighted by Crippen LogP contribution is -2.49. The molecule has 4 rings (SSSR count). The molecule has 0 fully saturated rings. The van der Waals surface area contributed by atoms with Gasteiger partial charge in [-0.05, 0) is 29.1 Å². The van der Waals surface area contributed by atoms with Crippen molar-refractivity contribution in [2.24, 2.45) is 0 Å². The maximum atomic E-state index is 11.3. The molecule has 0 aliphatic carbocycles. The quantitative estimate of drug-likeness (QED) is 0.356. The van der Waals surface area contributed by atoms with Crippen molar-refractivity contribution in [3.63, 3.8) is 0 Å². The predicted molar refractivity (Wildman–Crippen MR) is 114 cm³/mol. The van der Waals surface area contributed by atoms with E-state index in [1.165, 1.54) is 0 Å². The maximum absolute atomic E-state index is 11.3. The second-order valence-corrected chi connectivity index (χ2v) is 9.23. The molecule has 1 unspecified atom stereocenters. The predicted octanol–water partition coefficient (Wildman–Crippen LogP) is 3.56. The Hall–Kier alpha value is -2.45. The van der Waals surface area contributed by atoms with Crippen molar-refractivity contribution in [3.05, 3.63) is 60.4 Å². The van der Waals surface area contributed by atoms with Crippen LogP contribution >= 0.6 is 0 Å². The number of hydrogen-bond donors (Lipinski definition) is 2. The highest BCUT2D eigenvalue weighted by atomic mass is 32.2. The molecule has 0 aliphatic heterocycles. The molecule has 152 valence electrons. The summed E-state index contributed by atoms with van der Waals surface area (Å²) in [7, 11) is -3.59. The van der Waals surface area contributed by atoms with E-state index in [9.17, 15) is 13.5 Å². The number of fused-ring (bicyclic) bond motifs is 6. The topological polar surface area (TPSA) is 88.8 Å². The molecule has 4 aromatic rings. The lowest BCUT2D eigenvalue weighted by molar-refractivity contribution is 0.116. The van der Waals surface area contributed by atoms with Gasteiger partial charge in [0.1, 0.15) is 11.3 Å². The van der Waals surface area contributed by atoms with Crippen LogP contribution in [0.4, 0.5) is 0 Å². The first-order valence-electron chi connectivity index (χ1n) is 9.32. The minimum Gasteiger partial charge on any atom is -0.459 e. The van der Waals surface area contributed by atoms with Gasteiger partial charge in [0, 0.05) is 10.8 Å². The zero-order chi connectivity index (χ0) is 20.6. The van der Waals surface area contributed by atoms with Crippen LogP contribution in [-0.2, 0) is 20.8 Å². The third-order valence-corrected chi connectivity index (χ3v) is 5.64. The molecular weight excluding hydrogens is 390 g/mol. The second kappa shape index (κ2) is 7.42. The molecule has 0 saturated heterocycles. The summed E-state index contributed by atoms with van der Waals surface area (Å²) in [5.41, 5.74) is -0.110. The molecule has 0 saturated carbocycles. The Morgan fingerprint density at radius 3 is 2.14 bits per heavy atom. The zero-order valence-corrected chi connectivity index (χ0v) is 17.1. The summed E-state index contributed by atoms with van der Waals surface area (Å²) in [6, 6.07) is 18.3. The standard InChI is InChI=1S/C22H23NO5S/c1-22(13-24,14-27-29(2,25)26)23-12-15-11-20-18-9-4-3-7-16(18)17-8-5-6-10-19(17)21(20)28-15/h3-11,23-24H,12-14H2,1-2H3. The van der Waals surface area contributed by atoms with Crippen molar-refractivity contribution in [1.29, 1.82) is 0 Å². The molecule has 1 aromatic heterocycles. The minimum atomic E-state index is -3.59. The van der Waals surface area contributed by atoms with E-state index >= 15 is 0 Å². The molecule has 0 amide bonds. The van der Waals surface area contributed by atoms with Gasteiger partial charge in [0.25, 0.3) is 10.1 Å². The summed E-state index contributed by atoms with van der Waals surface area (Å²) in [4.78, 5) is 0. The van der Waals surface area contributed by atoms with Crippen molar-refractivity contribution in [3.8, 4) is 0 Å². The molecule has 1 atom stereocenters. The van der Waals surface area contributed by atoms with E-state index in [-0.39, 0.29) is 13.2 Å². The van der Waals surface area contributed by atoms with Gasteiger partial charge in [0.15, 0.2) is 0 Å². The SMILES string of the molecule is CC(CO)(COS(C)(=O)=O)NCc1cc2c3ccccc3c3ccccc3c2o1. The van der Waals surface area contributed by atoms with Crippen LogP contribution in [0.3, 0.4) is 0 Å². The van der Waals surface area contributed by atoms with E-state index in [0.717, 1.165) is 38.8 Å². The first-order valence-corrected chi connectivity index (χ1v) is 11.1. The smallest absolute Gasteiger partial charge is 0.264 e. The van der Waals surface area contributed by atoms with Crippen LogP contribution in [0.15, 0.2) is 59.0 Å². The van der Waals surface area contributed by atoms with Crippen LogP contribution in [0.1, 0.15) is 12.7 Å². The minimum absolute atomic E-state index is 0.172. The molecule has 0 aliphatic rings. The molecule has 0 bridgehead atoms. The summed E-state index contributed by atoms with van der Waals surface area (Å²) in [5, 5.41) is 18.3. The second-order valence-electron chi connectivity index (χ2n) is 7.59. The van der Waals surface area contributed by atoms with E-state index < -0.39 is 15.7 Å². The fourth-order valence-electron chi connectivity index (χ4n) is 3.49. The van der Waals surface area contributed by atoms with Crippen molar-refractivity contribution in [2.75, 3.05) is 19.5 Å². The number of nitrogens with one attached hydrogen (secondary N) is 1. The highest BCUT2D eigenvalue weighted by molar-refractivity contribution is 7.85. The Bertz CT molecular complexity index is 1220. The number of benzene rings is 3. The van der Waals surface area contributed by atoms with Gasteiger partial charge in [0.05, 0.1) is 31.6 Å². The lowest BCUT2D eigenvalue weighted by Gasteiger charge is -2.27. The lowest BCUT2D eigenvalue weighted by atomic mass is 9.98. The Labute approximate surface area is 169 Å². The number of hydrogen-bond acceptors (Lipinski definition) is 6. The fraction of sp³-hybridized carbons (Fsp3) is 0.273. The molecule has 3 aromatic carbocycles. The van der Waals surface area contributed by atoms with Crippen LogP contribution in [0.2, 0.25) is 0 Å². The molecule has 1 heterocycles. The van der Waals surface area contributed by atoms with Crippen molar-refractivity contribution >= 4 is 42.6 Å². The summed E-state index contributed by atoms with van der Waals surface area (Å²) in [5.74, 6) is 0.695. The van der Waals surface area contributed by atoms with E-state index in [2.05, 4.69) is 23.5 Å². The van der Waals surface area contributed by atoms with Gasteiger partial charge in [0.2, 0.25) is 0 Å². The average molecular weight is 413 g/mol. The molecule has 29 heavy (non-hydrogen) atoms. The summed E-state index contributed by atoms with van der Waals surface area (Å²) >= 11 is 0. The largest absolute Gasteiger partial charge is 0.459 e. The normalized spacial score (nSPS) is 14.6. The van der Waals surface area contributed by atoms with Crippen molar-refractivity contribution < 1.29 is 22.1 Å². The highest BCUT2D eigenvalue weighted by Crippen LogP contribution is 2.36. The van der Waals surface area contributed by atoms with Crippen LogP contribution in [-0.4, -0.2) is 38.5 Å². The van der Waals surface area contributed by atoms with Gasteiger partial charge in [-0.3, -0.25) is 4.18 Å². The first kappa shape index (κ1) is 19.8. The maximum Gasteiger partial charge on any atom is 0.264 e. The van der Waals surface area contributed by atoms with Crippen LogP contribution < -0.4 is 5.32 Å². The van der Waals surface area contributed by atoms with Crippen LogP contribution in [0, 0.1) is 0 Å². The third-order valence-electron chi connectivity index (χ3n) is 5.09. The van der Waals surface area contributed by atoms with Crippen LogP contribution in [0.25, 0.3) is 32.5 Å². The van der Waals surface area contributed by atoms with Gasteiger partial charge in [-0.1, -0.05) is 48.5 Å². The number of furan rings is 1. The van der Waals surface area contributed by atoms with E-state index in [1.54, 1.807) is 6.92 Å². The number of aliphatic hydroxyl groups is 1. The Morgan fingerprint density at radius 1 is 1.00 bits per heavy atom. The monoisotopic (exact) mass is 413 g/mol. The van der Waals surface area contributed by atoms with Crippen LogP contribution in [0.5, 0.6) is 0 Å². The summed E-state index contributed by atoms with van der Waals surface area (Å²) in [6.45, 7) is 1.57. The van der Waals surface area contributed by atoms with Gasteiger partial charge < -0.3 is 14.8 Å². The molecule has 7 heteroatoms. The van der Waals surface area contributed by atoms with Crippen molar-refractivity contribution in [2.45, 2.75) is 19.0 Å². The Morgan fingerprint density at radius 2 is 1.55 bits per heavy atom. The van der Waals surface area contributed by atoms with E-state index in [1.807, 2.05) is 36.4 Å². The summed E-state index contributed by atoms with van der Waals surface area (Å²) in [6.07, 6.45) is 0.986. The Balaban J connectivity index is 1.71. The van der Waals surface area contributed by atoms with Gasteiger partial charge in [-0.25, -0.2) is 0 Å². The van der Waals surface area contributed by atoms with Gasteiger partial charge >= 0.3 is 0 Å².